The van der Waals surface area contributed by atoms with Crippen LogP contribution in [0.2, 0.25) is 0 Å². The molecule has 3 aromatic rings. The van der Waals surface area contributed by atoms with Gasteiger partial charge in [-0.25, -0.2) is 9.18 Å². The van der Waals surface area contributed by atoms with Crippen molar-refractivity contribution >= 4 is 11.9 Å². The van der Waals surface area contributed by atoms with Gasteiger partial charge in [0, 0.05) is 32.8 Å². The average Bonchev–Trinajstić information content (AvgIpc) is 3.30. The van der Waals surface area contributed by atoms with Crippen LogP contribution in [0.3, 0.4) is 0 Å². The number of rotatable bonds is 13. The van der Waals surface area contributed by atoms with Crippen LogP contribution < -0.4 is 5.32 Å². The van der Waals surface area contributed by atoms with E-state index in [1.54, 1.807) is 17.0 Å². The second kappa shape index (κ2) is 14.0. The topological polar surface area (TPSA) is 75.0 Å². The SMILES string of the molecule is CCOCCCN(CC(=O)N(Cc1ccc(F)cc1)Cc1ccc(C)o1)C(=O)NCc1ccccc1. The van der Waals surface area contributed by atoms with E-state index in [0.29, 0.717) is 38.5 Å². The highest BCUT2D eigenvalue weighted by atomic mass is 19.1. The van der Waals surface area contributed by atoms with Crippen LogP contribution in [0.4, 0.5) is 9.18 Å². The minimum atomic E-state index is -0.339. The zero-order valence-electron chi connectivity index (χ0n) is 20.9. The van der Waals surface area contributed by atoms with E-state index in [2.05, 4.69) is 5.32 Å². The maximum Gasteiger partial charge on any atom is 0.318 e. The van der Waals surface area contributed by atoms with Crippen LogP contribution in [0.1, 0.15) is 36.0 Å². The highest BCUT2D eigenvalue weighted by molar-refractivity contribution is 5.84. The second-order valence-corrected chi connectivity index (χ2v) is 8.50. The van der Waals surface area contributed by atoms with Gasteiger partial charge in [0.2, 0.25) is 5.91 Å². The summed E-state index contributed by atoms with van der Waals surface area (Å²) >= 11 is 0. The number of benzene rings is 2. The first-order valence-corrected chi connectivity index (χ1v) is 12.2. The fraction of sp³-hybridized carbons (Fsp3) is 0.357. The molecule has 0 unspecified atom stereocenters. The van der Waals surface area contributed by atoms with Gasteiger partial charge in [-0.15, -0.1) is 0 Å². The molecule has 1 aromatic heterocycles. The normalized spacial score (nSPS) is 10.8. The molecule has 7 nitrogen and oxygen atoms in total. The van der Waals surface area contributed by atoms with Crippen molar-refractivity contribution in [1.82, 2.24) is 15.1 Å². The lowest BCUT2D eigenvalue weighted by molar-refractivity contribution is -0.133. The average molecular weight is 496 g/mol. The Labute approximate surface area is 211 Å². The molecule has 8 heteroatoms. The van der Waals surface area contributed by atoms with Gasteiger partial charge >= 0.3 is 6.03 Å². The number of halogens is 1. The molecule has 3 amide bonds. The molecule has 1 heterocycles. The Bertz CT molecular complexity index is 1090. The summed E-state index contributed by atoms with van der Waals surface area (Å²) in [7, 11) is 0. The van der Waals surface area contributed by atoms with Gasteiger partial charge in [0.1, 0.15) is 23.9 Å². The van der Waals surface area contributed by atoms with E-state index in [0.717, 1.165) is 16.9 Å². The third-order valence-electron chi connectivity index (χ3n) is 5.60. The largest absolute Gasteiger partial charge is 0.464 e. The van der Waals surface area contributed by atoms with Gasteiger partial charge in [0.15, 0.2) is 0 Å². The number of aryl methyl sites for hydroxylation is 1. The number of carbonyl (C=O) groups is 2. The maximum atomic E-state index is 13.5. The first-order valence-electron chi connectivity index (χ1n) is 12.2. The molecular formula is C28H34FN3O4. The Morgan fingerprint density at radius 3 is 2.36 bits per heavy atom. The van der Waals surface area contributed by atoms with E-state index in [4.69, 9.17) is 9.15 Å². The molecule has 0 aliphatic heterocycles. The number of amides is 3. The molecule has 3 rings (SSSR count). The summed E-state index contributed by atoms with van der Waals surface area (Å²) in [6.45, 7) is 5.97. The highest BCUT2D eigenvalue weighted by Crippen LogP contribution is 2.14. The van der Waals surface area contributed by atoms with Gasteiger partial charge in [0.25, 0.3) is 0 Å². The monoisotopic (exact) mass is 495 g/mol. The number of urea groups is 1. The van der Waals surface area contributed by atoms with Crippen molar-refractivity contribution in [2.24, 2.45) is 0 Å². The Kier molecular flexibility index (Phi) is 10.5. The summed E-state index contributed by atoms with van der Waals surface area (Å²) in [6, 6.07) is 19.0. The lowest BCUT2D eigenvalue weighted by Gasteiger charge is -2.27. The number of nitrogens with one attached hydrogen (secondary N) is 1. The van der Waals surface area contributed by atoms with Crippen molar-refractivity contribution in [2.45, 2.75) is 39.9 Å². The Morgan fingerprint density at radius 2 is 1.69 bits per heavy atom. The van der Waals surface area contributed by atoms with Crippen LogP contribution in [0.15, 0.2) is 71.1 Å². The molecule has 0 radical (unpaired) electrons. The maximum absolute atomic E-state index is 13.5. The summed E-state index contributed by atoms with van der Waals surface area (Å²) in [4.78, 5) is 29.6. The quantitative estimate of drug-likeness (QED) is 0.343. The highest BCUT2D eigenvalue weighted by Gasteiger charge is 2.22. The van der Waals surface area contributed by atoms with E-state index >= 15 is 0 Å². The molecule has 2 aromatic carbocycles. The first kappa shape index (κ1) is 26.9. The molecule has 36 heavy (non-hydrogen) atoms. The van der Waals surface area contributed by atoms with Gasteiger partial charge in [-0.05, 0) is 55.7 Å². The third kappa shape index (κ3) is 8.85. The van der Waals surface area contributed by atoms with E-state index in [1.807, 2.05) is 56.3 Å². The molecule has 192 valence electrons. The molecule has 0 aliphatic carbocycles. The molecular weight excluding hydrogens is 461 g/mol. The Hall–Kier alpha value is -3.65. The molecule has 0 bridgehead atoms. The molecule has 0 aliphatic rings. The number of hydrogen-bond donors (Lipinski definition) is 1. The van der Waals surface area contributed by atoms with Crippen molar-refractivity contribution in [2.75, 3.05) is 26.3 Å². The van der Waals surface area contributed by atoms with Crippen molar-refractivity contribution in [3.05, 3.63) is 95.2 Å². The number of ether oxygens (including phenoxy) is 1. The summed E-state index contributed by atoms with van der Waals surface area (Å²) in [5.74, 6) is 0.810. The Balaban J connectivity index is 1.71. The standard InChI is InChI=1S/C28H34FN3O4/c1-3-35-17-7-16-31(28(34)30-18-23-8-5-4-6-9-23)21-27(33)32(20-26-15-10-22(2)36-26)19-24-11-13-25(29)14-12-24/h4-6,8-15H,3,7,16-21H2,1-2H3,(H,30,34). The van der Waals surface area contributed by atoms with E-state index in [9.17, 15) is 14.0 Å². The van der Waals surface area contributed by atoms with Crippen LogP contribution >= 0.6 is 0 Å². The molecule has 1 N–H and O–H groups in total. The lowest BCUT2D eigenvalue weighted by Crippen LogP contribution is -2.46. The lowest BCUT2D eigenvalue weighted by atomic mass is 10.2. The molecule has 0 fully saturated rings. The third-order valence-corrected chi connectivity index (χ3v) is 5.60. The van der Waals surface area contributed by atoms with Gasteiger partial charge in [-0.1, -0.05) is 42.5 Å². The number of furan rings is 1. The van der Waals surface area contributed by atoms with Crippen molar-refractivity contribution < 1.29 is 23.1 Å². The number of nitrogens with zero attached hydrogens (tertiary/aromatic N) is 2. The van der Waals surface area contributed by atoms with Crippen LogP contribution in [0.5, 0.6) is 0 Å². The summed E-state index contributed by atoms with van der Waals surface area (Å²) in [6.07, 6.45) is 0.606. The zero-order valence-corrected chi connectivity index (χ0v) is 20.9. The summed E-state index contributed by atoms with van der Waals surface area (Å²) < 4.78 is 24.5. The van der Waals surface area contributed by atoms with Crippen LogP contribution in [0.25, 0.3) is 0 Å². The minimum Gasteiger partial charge on any atom is -0.464 e. The molecule has 0 atom stereocenters. The predicted octanol–water partition coefficient (Wildman–Crippen LogP) is 4.89. The van der Waals surface area contributed by atoms with Crippen LogP contribution in [0, 0.1) is 12.7 Å². The molecule has 0 saturated heterocycles. The smallest absolute Gasteiger partial charge is 0.318 e. The van der Waals surface area contributed by atoms with Gasteiger partial charge in [-0.2, -0.15) is 0 Å². The van der Waals surface area contributed by atoms with Gasteiger partial charge in [-0.3, -0.25) is 4.79 Å². The van der Waals surface area contributed by atoms with Crippen LogP contribution in [-0.2, 0) is 29.2 Å². The van der Waals surface area contributed by atoms with E-state index in [1.165, 1.54) is 17.0 Å². The molecule has 0 spiro atoms. The van der Waals surface area contributed by atoms with Gasteiger partial charge < -0.3 is 24.3 Å². The fourth-order valence-corrected chi connectivity index (χ4v) is 3.70. The predicted molar refractivity (Wildman–Crippen MR) is 135 cm³/mol. The number of carbonyl (C=O) groups excluding carboxylic acids is 2. The first-order chi connectivity index (χ1) is 17.4. The van der Waals surface area contributed by atoms with E-state index in [-0.39, 0.29) is 37.4 Å². The van der Waals surface area contributed by atoms with Crippen molar-refractivity contribution in [3.8, 4) is 0 Å². The zero-order chi connectivity index (χ0) is 25.8. The van der Waals surface area contributed by atoms with Crippen molar-refractivity contribution in [3.63, 3.8) is 0 Å². The summed E-state index contributed by atoms with van der Waals surface area (Å²) in [5, 5.41) is 2.91. The minimum absolute atomic E-state index is 0.104. The van der Waals surface area contributed by atoms with Crippen LogP contribution in [-0.4, -0.2) is 48.0 Å². The summed E-state index contributed by atoms with van der Waals surface area (Å²) in [5.41, 5.74) is 1.75. The number of hydrogen-bond acceptors (Lipinski definition) is 4. The van der Waals surface area contributed by atoms with Crippen molar-refractivity contribution in [1.29, 1.82) is 0 Å². The Morgan fingerprint density at radius 1 is 0.944 bits per heavy atom. The van der Waals surface area contributed by atoms with Gasteiger partial charge in [0.05, 0.1) is 6.54 Å². The fourth-order valence-electron chi connectivity index (χ4n) is 3.70. The molecule has 0 saturated carbocycles. The second-order valence-electron chi connectivity index (χ2n) is 8.50. The van der Waals surface area contributed by atoms with E-state index < -0.39 is 0 Å².